The number of carbonyl (C=O) groups is 8. The Labute approximate surface area is 247 Å². The van der Waals surface area contributed by atoms with E-state index in [1.54, 1.807) is 0 Å². The molecule has 0 aromatic carbocycles. The van der Waals surface area contributed by atoms with Gasteiger partial charge in [0.05, 0.1) is 5.57 Å². The second kappa shape index (κ2) is 13.5. The van der Waals surface area contributed by atoms with E-state index in [1.807, 2.05) is 0 Å². The summed E-state index contributed by atoms with van der Waals surface area (Å²) in [7, 11) is -10.2. The maximum atomic E-state index is 12.6. The number of imide groups is 3. The molecule has 23 heteroatoms. The van der Waals surface area contributed by atoms with Crippen molar-refractivity contribution in [1.82, 2.24) is 23.5 Å². The molecule has 0 aromatic heterocycles. The quantitative estimate of drug-likeness (QED) is 0.0948. The first kappa shape index (κ1) is 34.1. The van der Waals surface area contributed by atoms with Gasteiger partial charge in [-0.15, -0.1) is 5.06 Å². The van der Waals surface area contributed by atoms with Crippen molar-refractivity contribution in [2.75, 3.05) is 45.9 Å². The molecule has 44 heavy (non-hydrogen) atoms. The van der Waals surface area contributed by atoms with Crippen molar-refractivity contribution in [3.05, 3.63) is 23.8 Å². The van der Waals surface area contributed by atoms with Gasteiger partial charge in [0.1, 0.15) is 19.7 Å². The molecule has 0 unspecified atom stereocenters. The van der Waals surface area contributed by atoms with Crippen molar-refractivity contribution < 1.29 is 73.9 Å². The number of amides is 6. The van der Waals surface area contributed by atoms with Gasteiger partial charge < -0.3 is 9.57 Å². The monoisotopic (exact) mass is 665 g/mol. The first-order chi connectivity index (χ1) is 20.4. The van der Waals surface area contributed by atoms with Gasteiger partial charge in [-0.1, -0.05) is 0 Å². The molecule has 1 fully saturated rings. The highest BCUT2D eigenvalue weighted by molar-refractivity contribution is 7.83. The third-order valence-corrected chi connectivity index (χ3v) is 7.91. The second-order valence-corrected chi connectivity index (χ2v) is 11.8. The average Bonchev–Trinajstić information content (AvgIpc) is 3.50. The third kappa shape index (κ3) is 8.57. The van der Waals surface area contributed by atoms with Crippen LogP contribution in [0.5, 0.6) is 0 Å². The molecule has 6 amide bonds. The molecule has 2 N–H and O–H groups in total. The lowest BCUT2D eigenvalue weighted by Crippen LogP contribution is -2.45. The minimum absolute atomic E-state index is 0.0855. The maximum absolute atomic E-state index is 12.6. The zero-order valence-corrected chi connectivity index (χ0v) is 23.9. The molecule has 21 nitrogen and oxygen atoms in total. The van der Waals surface area contributed by atoms with Crippen LogP contribution in [-0.4, -0.2) is 143 Å². The van der Waals surface area contributed by atoms with E-state index in [-0.39, 0.29) is 26.5 Å². The summed E-state index contributed by atoms with van der Waals surface area (Å²) in [6.45, 7) is -6.01. The highest BCUT2D eigenvalue weighted by atomic mass is 32.2. The molecule has 3 rings (SSSR count). The Kier molecular flexibility index (Phi) is 10.4. The smallest absolute Gasteiger partial charge is 0.348 e. The number of rotatable bonds is 15. The molecule has 0 radical (unpaired) electrons. The number of ether oxygens (including phenoxy) is 1. The van der Waals surface area contributed by atoms with Gasteiger partial charge in [-0.25, -0.2) is 4.79 Å². The van der Waals surface area contributed by atoms with Crippen molar-refractivity contribution in [2.24, 2.45) is 0 Å². The van der Waals surface area contributed by atoms with Crippen molar-refractivity contribution >= 4 is 68.0 Å². The summed E-state index contributed by atoms with van der Waals surface area (Å²) in [4.78, 5) is 101. The zero-order valence-electron chi connectivity index (χ0n) is 22.3. The van der Waals surface area contributed by atoms with E-state index in [4.69, 9.17) is 4.74 Å². The van der Waals surface area contributed by atoms with Gasteiger partial charge in [0, 0.05) is 57.2 Å². The molecule has 3 heterocycles. The van der Waals surface area contributed by atoms with Crippen LogP contribution in [0.4, 0.5) is 0 Å². The summed E-state index contributed by atoms with van der Waals surface area (Å²) in [5.74, 6) is -8.05. The van der Waals surface area contributed by atoms with Crippen LogP contribution in [0.15, 0.2) is 23.8 Å². The molecular weight excluding hydrogens is 642 g/mol. The van der Waals surface area contributed by atoms with Gasteiger partial charge in [0.2, 0.25) is 0 Å². The molecule has 1 saturated heterocycles. The number of hydrogen-bond acceptors (Lipinski definition) is 14. The number of hydrogen-bond donors (Lipinski definition) is 2. The van der Waals surface area contributed by atoms with E-state index in [0.717, 1.165) is 12.2 Å². The topological polar surface area (TPSA) is 280 Å². The molecule has 0 saturated carbocycles. The highest BCUT2D eigenvalue weighted by Crippen LogP contribution is 2.16. The van der Waals surface area contributed by atoms with E-state index < -0.39 is 119 Å². The van der Waals surface area contributed by atoms with Crippen LogP contribution in [0.3, 0.4) is 0 Å². The maximum Gasteiger partial charge on any atom is 0.348 e. The molecule has 240 valence electrons. The van der Waals surface area contributed by atoms with Crippen molar-refractivity contribution in [2.45, 2.75) is 12.8 Å². The fraction of sp³-hybridized carbons (Fsp3) is 0.429. The molecule has 0 bridgehead atoms. The minimum atomic E-state index is -5.13. The lowest BCUT2D eigenvalue weighted by Gasteiger charge is -2.22. The normalized spacial score (nSPS) is 17.5. The number of nitrogens with zero attached hydrogens (tertiary/aromatic N) is 5. The van der Waals surface area contributed by atoms with E-state index in [2.05, 4.69) is 4.84 Å². The Hall–Kier alpha value is -4.42. The number of hydroxylamine groups is 2. The van der Waals surface area contributed by atoms with Crippen molar-refractivity contribution in [3.63, 3.8) is 0 Å². The van der Waals surface area contributed by atoms with Crippen LogP contribution in [0.2, 0.25) is 0 Å². The first-order valence-electron chi connectivity index (χ1n) is 12.2. The Morgan fingerprint density at radius 3 is 1.73 bits per heavy atom. The second-order valence-electron chi connectivity index (χ2n) is 8.95. The van der Waals surface area contributed by atoms with Gasteiger partial charge in [-0.2, -0.15) is 25.4 Å². The van der Waals surface area contributed by atoms with Crippen LogP contribution in [0.25, 0.3) is 0 Å². The Morgan fingerprint density at radius 1 is 0.750 bits per heavy atom. The fourth-order valence-corrected chi connectivity index (χ4v) is 4.95. The molecule has 0 spiro atoms. The zero-order chi connectivity index (χ0) is 33.0. The van der Waals surface area contributed by atoms with Crippen molar-refractivity contribution in [3.8, 4) is 0 Å². The van der Waals surface area contributed by atoms with E-state index in [1.165, 1.54) is 0 Å². The predicted molar refractivity (Wildman–Crippen MR) is 135 cm³/mol. The molecule has 0 aliphatic carbocycles. The first-order valence-corrected chi connectivity index (χ1v) is 14.9. The molecule has 3 aliphatic rings. The summed E-state index contributed by atoms with van der Waals surface area (Å²) in [6.07, 6.45) is 2.10. The van der Waals surface area contributed by atoms with Crippen LogP contribution >= 0.6 is 0 Å². The number of carbonyl (C=O) groups excluding carboxylic acids is 8. The minimum Gasteiger partial charge on any atom is -0.460 e. The lowest BCUT2D eigenvalue weighted by atomic mass is 10.3. The average molecular weight is 666 g/mol. The van der Waals surface area contributed by atoms with Gasteiger partial charge in [-0.05, 0) is 0 Å². The Bertz CT molecular complexity index is 1550. The van der Waals surface area contributed by atoms with Crippen molar-refractivity contribution in [1.29, 1.82) is 0 Å². The summed E-state index contributed by atoms with van der Waals surface area (Å²) < 4.78 is 70.6. The summed E-state index contributed by atoms with van der Waals surface area (Å²) >= 11 is 0. The molecular formula is C21H23N5O16S2. The van der Waals surface area contributed by atoms with E-state index in [0.29, 0.717) is 15.9 Å². The largest absolute Gasteiger partial charge is 0.460 e. The van der Waals surface area contributed by atoms with Crippen LogP contribution in [0, 0.1) is 0 Å². The van der Waals surface area contributed by atoms with Crippen LogP contribution < -0.4 is 0 Å². The molecule has 0 atom stereocenters. The third-order valence-electron chi connectivity index (χ3n) is 5.98. The molecule has 3 aliphatic heterocycles. The van der Waals surface area contributed by atoms with Crippen LogP contribution in [0.1, 0.15) is 12.8 Å². The SMILES string of the molecule is O=C(CN(CCN1C(=O)C=CC1=O)S(=O)(=O)O)OCC1=CC(=O)N(CCN(CC(=O)ON2C(=O)CCC2=O)S(=O)(=O)O)C1=O. The summed E-state index contributed by atoms with van der Waals surface area (Å²) in [5, 5.41) is 0.137. The molecule has 0 aromatic rings. The lowest BCUT2D eigenvalue weighted by molar-refractivity contribution is -0.197. The van der Waals surface area contributed by atoms with Gasteiger partial charge in [0.15, 0.2) is 0 Å². The van der Waals surface area contributed by atoms with Gasteiger partial charge in [0.25, 0.3) is 35.4 Å². The van der Waals surface area contributed by atoms with Gasteiger partial charge >= 0.3 is 32.5 Å². The Morgan fingerprint density at radius 2 is 1.23 bits per heavy atom. The predicted octanol–water partition coefficient (Wildman–Crippen LogP) is -4.43. The standard InChI is InChI=1S/C21H23N5O16S2/c27-14-1-2-15(28)24(14)7-5-22(43(35,36)37)10-19(32)41-12-13-9-18(31)25(21(13)34)8-6-23(44(38,39)40)11-20(33)42-26-16(29)3-4-17(26)30/h1-2,9H,3-8,10-12H2,(H,35,36,37)(H,38,39,40). The Balaban J connectivity index is 1.52. The summed E-state index contributed by atoms with van der Waals surface area (Å²) in [6, 6.07) is 0. The van der Waals surface area contributed by atoms with Gasteiger partial charge in [-0.3, -0.25) is 52.5 Å². The van der Waals surface area contributed by atoms with Crippen LogP contribution in [-0.2, 0) is 68.5 Å². The highest BCUT2D eigenvalue weighted by Gasteiger charge is 2.36. The van der Waals surface area contributed by atoms with E-state index in [9.17, 15) is 64.3 Å². The fourth-order valence-electron chi connectivity index (χ4n) is 3.78. The summed E-state index contributed by atoms with van der Waals surface area (Å²) in [5.41, 5.74) is -0.440. The van der Waals surface area contributed by atoms with E-state index >= 15 is 0 Å². The number of esters is 1.